The van der Waals surface area contributed by atoms with Crippen molar-refractivity contribution in [3.63, 3.8) is 0 Å². The molecular formula is C12H11BrN2O. The fourth-order valence-electron chi connectivity index (χ4n) is 1.92. The van der Waals surface area contributed by atoms with E-state index in [0.717, 1.165) is 11.3 Å². The number of rotatable bonds is 1. The van der Waals surface area contributed by atoms with Gasteiger partial charge in [0, 0.05) is 17.8 Å². The summed E-state index contributed by atoms with van der Waals surface area (Å²) >= 11 is 3.44. The van der Waals surface area contributed by atoms with E-state index in [4.69, 9.17) is 5.26 Å². The van der Waals surface area contributed by atoms with Crippen LogP contribution in [0.2, 0.25) is 0 Å². The molecule has 1 fully saturated rings. The van der Waals surface area contributed by atoms with Crippen molar-refractivity contribution in [1.29, 1.82) is 5.26 Å². The molecule has 1 saturated heterocycles. The fourth-order valence-corrected chi connectivity index (χ4v) is 2.49. The lowest BCUT2D eigenvalue weighted by Crippen LogP contribution is -2.25. The molecule has 0 N–H and O–H groups in total. The predicted octanol–water partition coefficient (Wildman–Crippen LogP) is 2.37. The Hall–Kier alpha value is -1.34. The number of halogens is 1. The van der Waals surface area contributed by atoms with Crippen molar-refractivity contribution in [3.05, 3.63) is 29.3 Å². The summed E-state index contributed by atoms with van der Waals surface area (Å²) < 4.78 is 0. The van der Waals surface area contributed by atoms with Gasteiger partial charge >= 0.3 is 0 Å². The topological polar surface area (TPSA) is 44.1 Å². The Morgan fingerprint density at radius 2 is 2.31 bits per heavy atom. The van der Waals surface area contributed by atoms with Gasteiger partial charge in [-0.1, -0.05) is 28.1 Å². The highest BCUT2D eigenvalue weighted by Gasteiger charge is 2.30. The average Bonchev–Trinajstić information content (AvgIpc) is 2.57. The van der Waals surface area contributed by atoms with Crippen molar-refractivity contribution >= 4 is 27.5 Å². The molecule has 1 heterocycles. The molecule has 0 radical (unpaired) electrons. The quantitative estimate of drug-likeness (QED) is 0.741. The number of hydrogen-bond donors (Lipinski definition) is 0. The van der Waals surface area contributed by atoms with Gasteiger partial charge in [0.2, 0.25) is 5.91 Å². The summed E-state index contributed by atoms with van der Waals surface area (Å²) in [4.78, 5) is 13.6. The maximum Gasteiger partial charge on any atom is 0.228 e. The van der Waals surface area contributed by atoms with Crippen molar-refractivity contribution in [3.8, 4) is 6.07 Å². The summed E-state index contributed by atoms with van der Waals surface area (Å²) in [5.41, 5.74) is 2.23. The third-order valence-electron chi connectivity index (χ3n) is 2.73. The molecule has 4 heteroatoms. The molecule has 82 valence electrons. The van der Waals surface area contributed by atoms with Gasteiger partial charge < -0.3 is 4.90 Å². The molecular weight excluding hydrogens is 268 g/mol. The highest BCUT2D eigenvalue weighted by molar-refractivity contribution is 9.09. The van der Waals surface area contributed by atoms with Crippen LogP contribution in [0.25, 0.3) is 0 Å². The molecule has 1 amide bonds. The summed E-state index contributed by atoms with van der Waals surface area (Å²) in [6, 6.07) is 7.75. The minimum Gasteiger partial charge on any atom is -0.310 e. The highest BCUT2D eigenvalue weighted by Crippen LogP contribution is 2.29. The molecule has 1 aromatic carbocycles. The Morgan fingerprint density at radius 3 is 2.88 bits per heavy atom. The fraction of sp³-hybridized carbons (Fsp3) is 0.333. The number of benzene rings is 1. The predicted molar refractivity (Wildman–Crippen MR) is 65.6 cm³/mol. The zero-order chi connectivity index (χ0) is 11.7. The van der Waals surface area contributed by atoms with Crippen LogP contribution in [0, 0.1) is 18.3 Å². The van der Waals surface area contributed by atoms with E-state index in [1.54, 1.807) is 4.90 Å². The molecule has 1 aliphatic heterocycles. The molecule has 1 atom stereocenters. The van der Waals surface area contributed by atoms with Crippen LogP contribution in [0.5, 0.6) is 0 Å². The lowest BCUT2D eigenvalue weighted by atomic mass is 10.1. The molecule has 0 saturated carbocycles. The van der Waals surface area contributed by atoms with E-state index in [0.29, 0.717) is 18.5 Å². The largest absolute Gasteiger partial charge is 0.310 e. The number of aryl methyl sites for hydroxylation is 1. The number of amides is 1. The zero-order valence-corrected chi connectivity index (χ0v) is 10.5. The van der Waals surface area contributed by atoms with Gasteiger partial charge in [-0.25, -0.2) is 0 Å². The van der Waals surface area contributed by atoms with E-state index < -0.39 is 0 Å². The number of carbonyl (C=O) groups excluding carboxylic acids is 1. The van der Waals surface area contributed by atoms with Crippen molar-refractivity contribution in [2.75, 3.05) is 11.4 Å². The maximum absolute atomic E-state index is 11.8. The van der Waals surface area contributed by atoms with Crippen molar-refractivity contribution in [2.24, 2.45) is 0 Å². The number of nitriles is 1. The molecule has 16 heavy (non-hydrogen) atoms. The van der Waals surface area contributed by atoms with Gasteiger partial charge in [-0.15, -0.1) is 0 Å². The molecule has 1 aromatic rings. The first-order valence-electron chi connectivity index (χ1n) is 5.07. The molecule has 0 aromatic heterocycles. The third kappa shape index (κ3) is 1.83. The van der Waals surface area contributed by atoms with E-state index in [-0.39, 0.29) is 10.7 Å². The van der Waals surface area contributed by atoms with Crippen LogP contribution >= 0.6 is 15.9 Å². The Balaban J connectivity index is 2.45. The molecule has 3 nitrogen and oxygen atoms in total. The molecule has 0 spiro atoms. The minimum absolute atomic E-state index is 0.0731. The lowest BCUT2D eigenvalue weighted by molar-refractivity contribution is -0.117. The summed E-state index contributed by atoms with van der Waals surface area (Å²) in [5, 5.41) is 9.11. The molecule has 0 bridgehead atoms. The minimum atomic E-state index is 0.0731. The van der Waals surface area contributed by atoms with E-state index in [9.17, 15) is 4.79 Å². The van der Waals surface area contributed by atoms with Crippen LogP contribution in [0.15, 0.2) is 18.2 Å². The SMILES string of the molecule is Cc1cccc(N2CC(Br)CC2=O)c1C#N. The monoisotopic (exact) mass is 278 g/mol. The Labute approximate surface area is 103 Å². The number of hydrogen-bond acceptors (Lipinski definition) is 2. The summed E-state index contributed by atoms with van der Waals surface area (Å²) in [6.07, 6.45) is 0.499. The van der Waals surface area contributed by atoms with Crippen molar-refractivity contribution in [1.82, 2.24) is 0 Å². The smallest absolute Gasteiger partial charge is 0.228 e. The van der Waals surface area contributed by atoms with Crippen LogP contribution < -0.4 is 4.90 Å². The first-order valence-corrected chi connectivity index (χ1v) is 5.99. The van der Waals surface area contributed by atoms with E-state index >= 15 is 0 Å². The Bertz CT molecular complexity index is 478. The van der Waals surface area contributed by atoms with Crippen molar-refractivity contribution in [2.45, 2.75) is 18.2 Å². The van der Waals surface area contributed by atoms with Gasteiger partial charge in [-0.3, -0.25) is 4.79 Å². The van der Waals surface area contributed by atoms with Gasteiger partial charge in [0.15, 0.2) is 0 Å². The van der Waals surface area contributed by atoms with E-state index in [1.807, 2.05) is 25.1 Å². The highest BCUT2D eigenvalue weighted by atomic mass is 79.9. The van der Waals surface area contributed by atoms with Crippen LogP contribution in [-0.2, 0) is 4.79 Å². The van der Waals surface area contributed by atoms with Gasteiger partial charge in [0.1, 0.15) is 6.07 Å². The maximum atomic E-state index is 11.8. The van der Waals surface area contributed by atoms with Gasteiger partial charge in [-0.05, 0) is 18.6 Å². The first kappa shape index (κ1) is 11.2. The van der Waals surface area contributed by atoms with Crippen LogP contribution in [0.3, 0.4) is 0 Å². The second kappa shape index (κ2) is 4.26. The second-order valence-corrected chi connectivity index (χ2v) is 5.18. The number of anilines is 1. The molecule has 1 unspecified atom stereocenters. The van der Waals surface area contributed by atoms with Crippen molar-refractivity contribution < 1.29 is 4.79 Å². The van der Waals surface area contributed by atoms with E-state index in [2.05, 4.69) is 22.0 Å². The van der Waals surface area contributed by atoms with Crippen LogP contribution in [0.1, 0.15) is 17.5 Å². The van der Waals surface area contributed by atoms with E-state index in [1.165, 1.54) is 0 Å². The Kier molecular flexibility index (Phi) is 2.97. The summed E-state index contributed by atoms with van der Waals surface area (Å²) in [7, 11) is 0. The summed E-state index contributed by atoms with van der Waals surface area (Å²) in [5.74, 6) is 0.0731. The standard InChI is InChI=1S/C12H11BrN2O/c1-8-3-2-4-11(10(8)6-14)15-7-9(13)5-12(15)16/h2-4,9H,5,7H2,1H3. The number of carbonyl (C=O) groups is 1. The van der Waals surface area contributed by atoms with Crippen LogP contribution in [0.4, 0.5) is 5.69 Å². The zero-order valence-electron chi connectivity index (χ0n) is 8.90. The molecule has 2 rings (SSSR count). The second-order valence-electron chi connectivity index (χ2n) is 3.89. The van der Waals surface area contributed by atoms with Gasteiger partial charge in [-0.2, -0.15) is 5.26 Å². The normalized spacial score (nSPS) is 19.9. The number of alkyl halides is 1. The van der Waals surface area contributed by atoms with Gasteiger partial charge in [0.25, 0.3) is 0 Å². The average molecular weight is 279 g/mol. The molecule has 1 aliphatic rings. The van der Waals surface area contributed by atoms with Crippen LogP contribution in [-0.4, -0.2) is 17.3 Å². The number of nitrogens with zero attached hydrogens (tertiary/aromatic N) is 2. The third-order valence-corrected chi connectivity index (χ3v) is 3.34. The lowest BCUT2D eigenvalue weighted by Gasteiger charge is -2.18. The first-order chi connectivity index (χ1) is 7.63. The summed E-state index contributed by atoms with van der Waals surface area (Å²) in [6.45, 7) is 2.52. The Morgan fingerprint density at radius 1 is 1.56 bits per heavy atom. The molecule has 0 aliphatic carbocycles. The van der Waals surface area contributed by atoms with Gasteiger partial charge in [0.05, 0.1) is 11.3 Å².